The fourth-order valence-corrected chi connectivity index (χ4v) is 12.6. The molecule has 0 aliphatic heterocycles. The largest absolute Gasteiger partial charge is 0.472 e. The van der Waals surface area contributed by atoms with Crippen LogP contribution in [0.2, 0.25) is 0 Å². The van der Waals surface area contributed by atoms with Crippen LogP contribution >= 0.6 is 15.6 Å². The molecule has 0 aromatic carbocycles. The minimum atomic E-state index is -4.97. The molecular weight excluding hydrogens is 1250 g/mol. The lowest BCUT2D eigenvalue weighted by Gasteiger charge is -2.21. The molecular formula is C76H144O17P2. The summed E-state index contributed by atoms with van der Waals surface area (Å²) in [5, 5.41) is 10.6. The molecule has 5 atom stereocenters. The van der Waals surface area contributed by atoms with Gasteiger partial charge in [0.15, 0.2) is 12.2 Å². The number of aliphatic hydroxyl groups is 1. The summed E-state index contributed by atoms with van der Waals surface area (Å²) in [6, 6.07) is 0. The summed E-state index contributed by atoms with van der Waals surface area (Å²) in [6.45, 7) is 11.8. The van der Waals surface area contributed by atoms with Crippen LogP contribution in [0.4, 0.5) is 0 Å². The van der Waals surface area contributed by atoms with Gasteiger partial charge in [0.25, 0.3) is 0 Å². The fraction of sp³-hybridized carbons (Fsp3) is 0.895. The summed E-state index contributed by atoms with van der Waals surface area (Å²) in [5.41, 5.74) is 0. The van der Waals surface area contributed by atoms with E-state index in [1.165, 1.54) is 154 Å². The second kappa shape index (κ2) is 66.1. The monoisotopic (exact) mass is 1390 g/mol. The van der Waals surface area contributed by atoms with Gasteiger partial charge in [-0.3, -0.25) is 37.3 Å². The first-order chi connectivity index (χ1) is 45.7. The molecule has 3 N–H and O–H groups in total. The molecule has 0 aliphatic rings. The number of allylic oxidation sites excluding steroid dienone is 4. The minimum Gasteiger partial charge on any atom is -0.462 e. The van der Waals surface area contributed by atoms with Gasteiger partial charge in [0.05, 0.1) is 26.4 Å². The third-order valence-electron chi connectivity index (χ3n) is 17.0. The topological polar surface area (TPSA) is 237 Å². The molecule has 0 fully saturated rings. The Bertz CT molecular complexity index is 1950. The highest BCUT2D eigenvalue weighted by Gasteiger charge is 2.30. The average molecular weight is 1390 g/mol. The highest BCUT2D eigenvalue weighted by atomic mass is 31.2. The Morgan fingerprint density at radius 1 is 0.326 bits per heavy atom. The number of phosphoric acid groups is 2. The van der Waals surface area contributed by atoms with Crippen LogP contribution in [0.1, 0.15) is 363 Å². The molecule has 0 aliphatic carbocycles. The van der Waals surface area contributed by atoms with E-state index >= 15 is 0 Å². The third-order valence-corrected chi connectivity index (χ3v) is 18.9. The maximum Gasteiger partial charge on any atom is 0.472 e. The van der Waals surface area contributed by atoms with Gasteiger partial charge in [-0.2, -0.15) is 0 Å². The number of hydrogen-bond acceptors (Lipinski definition) is 15. The number of phosphoric ester groups is 2. The van der Waals surface area contributed by atoms with E-state index in [2.05, 4.69) is 72.8 Å². The Hall–Kier alpha value is -2.46. The first-order valence-electron chi connectivity index (χ1n) is 38.7. The van der Waals surface area contributed by atoms with Gasteiger partial charge in [-0.05, 0) is 69.1 Å². The highest BCUT2D eigenvalue weighted by Crippen LogP contribution is 2.45. The lowest BCUT2D eigenvalue weighted by molar-refractivity contribution is -0.161. The summed E-state index contributed by atoms with van der Waals surface area (Å²) in [4.78, 5) is 72.8. The van der Waals surface area contributed by atoms with Crippen LogP contribution in [-0.4, -0.2) is 96.7 Å². The van der Waals surface area contributed by atoms with Gasteiger partial charge in [0.1, 0.15) is 19.3 Å². The molecule has 0 saturated heterocycles. The fourth-order valence-electron chi connectivity index (χ4n) is 11.1. The molecule has 3 unspecified atom stereocenters. The Balaban J connectivity index is 5.29. The molecule has 560 valence electrons. The summed E-state index contributed by atoms with van der Waals surface area (Å²) in [7, 11) is -9.92. The second-order valence-corrected chi connectivity index (χ2v) is 31.0. The maximum absolute atomic E-state index is 13.1. The predicted octanol–water partition coefficient (Wildman–Crippen LogP) is 21.7. The normalized spacial score (nSPS) is 14.2. The average Bonchev–Trinajstić information content (AvgIpc) is 1.58. The molecule has 0 aromatic heterocycles. The van der Waals surface area contributed by atoms with Crippen molar-refractivity contribution in [3.63, 3.8) is 0 Å². The van der Waals surface area contributed by atoms with Crippen molar-refractivity contribution in [1.82, 2.24) is 0 Å². The lowest BCUT2D eigenvalue weighted by atomic mass is 10.0. The third kappa shape index (κ3) is 69.8. The summed E-state index contributed by atoms with van der Waals surface area (Å²) < 4.78 is 68.5. The van der Waals surface area contributed by atoms with Gasteiger partial charge < -0.3 is 33.8 Å². The van der Waals surface area contributed by atoms with Gasteiger partial charge in [-0.25, -0.2) is 9.13 Å². The Labute approximate surface area is 580 Å². The summed E-state index contributed by atoms with van der Waals surface area (Å²) >= 11 is 0. The van der Waals surface area contributed by atoms with Crippen LogP contribution in [0.3, 0.4) is 0 Å². The number of aliphatic hydroxyl groups excluding tert-OH is 1. The summed E-state index contributed by atoms with van der Waals surface area (Å²) in [6.07, 6.45) is 54.9. The van der Waals surface area contributed by atoms with E-state index in [0.29, 0.717) is 25.7 Å². The smallest absolute Gasteiger partial charge is 0.462 e. The number of carbonyl (C=O) groups is 4. The van der Waals surface area contributed by atoms with Crippen molar-refractivity contribution in [3.05, 3.63) is 24.3 Å². The van der Waals surface area contributed by atoms with E-state index in [1.807, 2.05) is 0 Å². The van der Waals surface area contributed by atoms with E-state index in [4.69, 9.17) is 37.0 Å². The Kier molecular flexibility index (Phi) is 64.4. The zero-order valence-corrected chi connectivity index (χ0v) is 63.4. The molecule has 0 spiro atoms. The SMILES string of the molecule is CCCCCC/C=C\C=C/CCCCCCCC(=O)OC[C@H](COP(=O)(O)OCC(O)COP(=O)(O)OC[C@@H](COC(=O)CCCCCCCCCCC(C)C)OC(=O)CCCCCCCCCCCC(C)C)OC(=O)CCCCCCCCCCCCCCCCC(C)C. The van der Waals surface area contributed by atoms with Gasteiger partial charge in [0, 0.05) is 25.7 Å². The standard InChI is InChI=1S/C76H144O17P2/c1-8-9-10-11-12-13-14-15-16-20-23-28-36-43-50-57-73(78)86-63-71(92-75(80)59-52-45-38-29-24-21-18-17-19-22-26-33-40-47-54-67(2)3)65-90-94(82,83)88-61-70(77)62-89-95(84,85)91-66-72(64-87-74(79)58-51-44-37-32-31-35-42-49-56-69(6)7)93-76(81)60-53-46-39-30-25-27-34-41-48-55-68(4)5/h13-16,67-72,77H,8-12,17-66H2,1-7H3,(H,82,83)(H,84,85)/b14-13-,16-15-/t70?,71-,72-/m1/s1. The number of carbonyl (C=O) groups excluding carboxylic acids is 4. The molecule has 0 rings (SSSR count). The van der Waals surface area contributed by atoms with Gasteiger partial charge in [0.2, 0.25) is 0 Å². The van der Waals surface area contributed by atoms with Crippen molar-refractivity contribution < 1.29 is 80.2 Å². The van der Waals surface area contributed by atoms with Gasteiger partial charge in [-0.15, -0.1) is 0 Å². The highest BCUT2D eigenvalue weighted by molar-refractivity contribution is 7.47. The van der Waals surface area contributed by atoms with E-state index < -0.39 is 97.5 Å². The van der Waals surface area contributed by atoms with Crippen LogP contribution in [0.15, 0.2) is 24.3 Å². The molecule has 17 nitrogen and oxygen atoms in total. The molecule has 0 amide bonds. The van der Waals surface area contributed by atoms with Crippen molar-refractivity contribution in [2.75, 3.05) is 39.6 Å². The molecule has 95 heavy (non-hydrogen) atoms. The van der Waals surface area contributed by atoms with Crippen LogP contribution in [0.25, 0.3) is 0 Å². The molecule has 0 saturated carbocycles. The first-order valence-corrected chi connectivity index (χ1v) is 41.7. The lowest BCUT2D eigenvalue weighted by Crippen LogP contribution is -2.30. The zero-order valence-electron chi connectivity index (χ0n) is 61.6. The van der Waals surface area contributed by atoms with Crippen LogP contribution < -0.4 is 0 Å². The van der Waals surface area contributed by atoms with Gasteiger partial charge >= 0.3 is 39.5 Å². The number of esters is 4. The number of hydrogen-bond donors (Lipinski definition) is 3. The number of rotatable bonds is 72. The van der Waals surface area contributed by atoms with E-state index in [1.54, 1.807) is 0 Å². The first kappa shape index (κ1) is 92.5. The second-order valence-electron chi connectivity index (χ2n) is 28.1. The van der Waals surface area contributed by atoms with E-state index in [-0.39, 0.29) is 25.7 Å². The summed E-state index contributed by atoms with van der Waals surface area (Å²) in [5.74, 6) is 0.103. The van der Waals surface area contributed by atoms with Crippen molar-refractivity contribution in [2.24, 2.45) is 17.8 Å². The molecule has 0 aromatic rings. The zero-order chi connectivity index (χ0) is 70.1. The minimum absolute atomic E-state index is 0.100. The predicted molar refractivity (Wildman–Crippen MR) is 386 cm³/mol. The van der Waals surface area contributed by atoms with Crippen molar-refractivity contribution in [3.8, 4) is 0 Å². The Morgan fingerprint density at radius 2 is 0.568 bits per heavy atom. The molecule has 19 heteroatoms. The Morgan fingerprint density at radius 3 is 0.853 bits per heavy atom. The van der Waals surface area contributed by atoms with Crippen LogP contribution in [-0.2, 0) is 65.4 Å². The van der Waals surface area contributed by atoms with Crippen molar-refractivity contribution >= 4 is 39.5 Å². The van der Waals surface area contributed by atoms with Crippen molar-refractivity contribution in [1.29, 1.82) is 0 Å². The number of unbranched alkanes of at least 4 members (excludes halogenated alkanes) is 37. The van der Waals surface area contributed by atoms with E-state index in [0.717, 1.165) is 127 Å². The number of ether oxygens (including phenoxy) is 4. The van der Waals surface area contributed by atoms with Crippen molar-refractivity contribution in [2.45, 2.75) is 381 Å². The van der Waals surface area contributed by atoms with Crippen LogP contribution in [0.5, 0.6) is 0 Å². The quantitative estimate of drug-likeness (QED) is 0.0169. The van der Waals surface area contributed by atoms with Crippen LogP contribution in [0, 0.1) is 17.8 Å². The molecule has 0 bridgehead atoms. The van der Waals surface area contributed by atoms with E-state index in [9.17, 15) is 43.2 Å². The van der Waals surface area contributed by atoms with Gasteiger partial charge in [-0.1, -0.05) is 310 Å². The maximum atomic E-state index is 13.1. The molecule has 0 heterocycles. The molecule has 0 radical (unpaired) electrons.